The van der Waals surface area contributed by atoms with Gasteiger partial charge >= 0.3 is 12.0 Å². The average molecular weight is 435 g/mol. The number of allylic oxidation sites excluding steroid dienone is 1. The normalized spacial score (nSPS) is 17.6. The van der Waals surface area contributed by atoms with Crippen LogP contribution in [0.5, 0.6) is 11.5 Å². The molecule has 2 amide bonds. The zero-order chi connectivity index (χ0) is 20.5. The van der Waals surface area contributed by atoms with Crippen molar-refractivity contribution in [2.24, 2.45) is 0 Å². The summed E-state index contributed by atoms with van der Waals surface area (Å²) in [6.07, 6.45) is 0. The lowest BCUT2D eigenvalue weighted by Gasteiger charge is -2.28. The molecule has 0 radical (unpaired) electrons. The monoisotopic (exact) mass is 434 g/mol. The molecule has 0 bridgehead atoms. The second-order valence-electron chi connectivity index (χ2n) is 6.51. The second-order valence-corrected chi connectivity index (χ2v) is 7.32. The highest BCUT2D eigenvalue weighted by Gasteiger charge is 2.32. The lowest BCUT2D eigenvalue weighted by Crippen LogP contribution is -2.45. The van der Waals surface area contributed by atoms with Crippen LogP contribution in [0, 0.1) is 0 Å². The van der Waals surface area contributed by atoms with E-state index in [0.717, 1.165) is 5.56 Å². The number of nitrogens with one attached hydrogen (secondary N) is 2. The number of ether oxygens (including phenoxy) is 3. The van der Waals surface area contributed by atoms with Crippen LogP contribution in [0.3, 0.4) is 0 Å². The van der Waals surface area contributed by atoms with E-state index in [4.69, 9.17) is 37.4 Å². The number of urea groups is 1. The summed E-state index contributed by atoms with van der Waals surface area (Å²) < 4.78 is 16.1. The highest BCUT2D eigenvalue weighted by atomic mass is 35.5. The van der Waals surface area contributed by atoms with Crippen LogP contribution in [-0.4, -0.2) is 18.8 Å². The predicted molar refractivity (Wildman–Crippen MR) is 106 cm³/mol. The maximum Gasteiger partial charge on any atom is 0.338 e. The minimum absolute atomic E-state index is 0.0360. The lowest BCUT2D eigenvalue weighted by atomic mass is 9.95. The molecule has 9 heteroatoms. The van der Waals surface area contributed by atoms with Crippen molar-refractivity contribution in [1.82, 2.24) is 10.6 Å². The van der Waals surface area contributed by atoms with E-state index in [2.05, 4.69) is 10.6 Å². The van der Waals surface area contributed by atoms with Gasteiger partial charge in [0, 0.05) is 5.70 Å². The molecule has 2 aromatic carbocycles. The van der Waals surface area contributed by atoms with Crippen molar-refractivity contribution in [3.8, 4) is 11.5 Å². The Morgan fingerprint density at radius 2 is 1.93 bits per heavy atom. The van der Waals surface area contributed by atoms with Gasteiger partial charge in [-0.2, -0.15) is 0 Å². The Hall–Kier alpha value is -2.90. The third-order valence-electron chi connectivity index (χ3n) is 4.57. The number of hydrogen-bond acceptors (Lipinski definition) is 5. The summed E-state index contributed by atoms with van der Waals surface area (Å²) in [5, 5.41) is 6.03. The fourth-order valence-electron chi connectivity index (χ4n) is 3.16. The molecule has 0 saturated carbocycles. The first-order chi connectivity index (χ1) is 13.9. The largest absolute Gasteiger partial charge is 0.457 e. The summed E-state index contributed by atoms with van der Waals surface area (Å²) in [5.74, 6) is 0.690. The highest BCUT2D eigenvalue weighted by Crippen LogP contribution is 2.34. The number of carbonyl (C=O) groups is 2. The molecule has 4 rings (SSSR count). The molecule has 1 atom stereocenters. The first-order valence-corrected chi connectivity index (χ1v) is 9.47. The van der Waals surface area contributed by atoms with E-state index >= 15 is 0 Å². The van der Waals surface area contributed by atoms with Gasteiger partial charge in [0.25, 0.3) is 0 Å². The second kappa shape index (κ2) is 7.85. The van der Waals surface area contributed by atoms with Crippen molar-refractivity contribution < 1.29 is 23.8 Å². The number of halogens is 2. The number of benzene rings is 2. The molecule has 0 aromatic heterocycles. The van der Waals surface area contributed by atoms with Gasteiger partial charge in [-0.05, 0) is 42.3 Å². The Labute approximate surface area is 176 Å². The van der Waals surface area contributed by atoms with E-state index in [0.29, 0.717) is 32.8 Å². The van der Waals surface area contributed by atoms with Crippen LogP contribution in [0.4, 0.5) is 4.79 Å². The zero-order valence-electron chi connectivity index (χ0n) is 15.3. The van der Waals surface area contributed by atoms with Crippen molar-refractivity contribution in [2.75, 3.05) is 6.79 Å². The number of rotatable bonds is 4. The summed E-state index contributed by atoms with van der Waals surface area (Å²) in [4.78, 5) is 24.8. The predicted octanol–water partition coefficient (Wildman–Crippen LogP) is 4.09. The fourth-order valence-corrected chi connectivity index (χ4v) is 3.47. The van der Waals surface area contributed by atoms with Crippen molar-refractivity contribution >= 4 is 35.2 Å². The molecular weight excluding hydrogens is 419 g/mol. The standard InChI is InChI=1S/C20H16Cl2N2O5/c1-10-17(18(24-20(26)23-10)12-3-4-13(21)14(22)7-12)19(25)27-8-11-2-5-15-16(6-11)29-9-28-15/h2-7,18H,8-9H2,1H3,(H2,23,24,26)/t18-/m0/s1. The lowest BCUT2D eigenvalue weighted by molar-refractivity contribution is -0.140. The van der Waals surface area contributed by atoms with Gasteiger partial charge in [-0.15, -0.1) is 0 Å². The van der Waals surface area contributed by atoms with Gasteiger partial charge in [-0.1, -0.05) is 35.3 Å². The maximum absolute atomic E-state index is 12.9. The van der Waals surface area contributed by atoms with Gasteiger partial charge < -0.3 is 24.8 Å². The smallest absolute Gasteiger partial charge is 0.338 e. The molecule has 2 aliphatic rings. The third-order valence-corrected chi connectivity index (χ3v) is 5.31. The Kier molecular flexibility index (Phi) is 5.25. The first kappa shape index (κ1) is 19.4. The Morgan fingerprint density at radius 1 is 1.14 bits per heavy atom. The van der Waals surface area contributed by atoms with Gasteiger partial charge in [-0.25, -0.2) is 9.59 Å². The molecule has 2 N–H and O–H groups in total. The van der Waals surface area contributed by atoms with E-state index in [1.165, 1.54) is 0 Å². The van der Waals surface area contributed by atoms with Gasteiger partial charge in [0.1, 0.15) is 6.61 Å². The molecule has 0 fully saturated rings. The fraction of sp³-hybridized carbons (Fsp3) is 0.200. The molecular formula is C20H16Cl2N2O5. The summed E-state index contributed by atoms with van der Waals surface area (Å²) in [7, 11) is 0. The molecule has 0 spiro atoms. The van der Waals surface area contributed by atoms with E-state index in [1.807, 2.05) is 0 Å². The minimum Gasteiger partial charge on any atom is -0.457 e. The van der Waals surface area contributed by atoms with Crippen LogP contribution in [0.1, 0.15) is 24.1 Å². The van der Waals surface area contributed by atoms with Gasteiger partial charge in [0.15, 0.2) is 11.5 Å². The van der Waals surface area contributed by atoms with Crippen molar-refractivity contribution in [2.45, 2.75) is 19.6 Å². The van der Waals surface area contributed by atoms with Gasteiger partial charge in [0.2, 0.25) is 6.79 Å². The zero-order valence-corrected chi connectivity index (χ0v) is 16.8. The van der Waals surface area contributed by atoms with Crippen LogP contribution in [0.2, 0.25) is 10.0 Å². The maximum atomic E-state index is 12.9. The van der Waals surface area contributed by atoms with Crippen LogP contribution in [0.15, 0.2) is 47.7 Å². The number of carbonyl (C=O) groups excluding carboxylic acids is 2. The summed E-state index contributed by atoms with van der Waals surface area (Å²) in [6.45, 7) is 1.84. The average Bonchev–Trinajstić information content (AvgIpc) is 3.15. The van der Waals surface area contributed by atoms with Crippen molar-refractivity contribution in [3.63, 3.8) is 0 Å². The summed E-state index contributed by atoms with van der Waals surface area (Å²) >= 11 is 12.1. The third kappa shape index (κ3) is 3.97. The van der Waals surface area contributed by atoms with E-state index in [9.17, 15) is 9.59 Å². The van der Waals surface area contributed by atoms with Crippen LogP contribution in [-0.2, 0) is 16.1 Å². The van der Waals surface area contributed by atoms with Gasteiger partial charge in [0.05, 0.1) is 21.7 Å². The molecule has 29 heavy (non-hydrogen) atoms. The molecule has 150 valence electrons. The Morgan fingerprint density at radius 3 is 2.72 bits per heavy atom. The molecule has 2 heterocycles. The Balaban J connectivity index is 1.56. The van der Waals surface area contributed by atoms with Crippen molar-refractivity contribution in [3.05, 3.63) is 68.8 Å². The topological polar surface area (TPSA) is 85.9 Å². The summed E-state index contributed by atoms with van der Waals surface area (Å²) in [6, 6.07) is 9.08. The number of fused-ring (bicyclic) bond motifs is 1. The molecule has 2 aliphatic heterocycles. The van der Waals surface area contributed by atoms with Crippen LogP contribution in [0.25, 0.3) is 0 Å². The van der Waals surface area contributed by atoms with E-state index in [1.54, 1.807) is 43.3 Å². The van der Waals surface area contributed by atoms with Gasteiger partial charge in [-0.3, -0.25) is 0 Å². The number of esters is 1. The SMILES string of the molecule is CC1=C(C(=O)OCc2ccc3c(c2)OCO3)[C@H](c2ccc(Cl)c(Cl)c2)NC(=O)N1. The number of hydrogen-bond donors (Lipinski definition) is 2. The van der Waals surface area contributed by atoms with Crippen molar-refractivity contribution in [1.29, 1.82) is 0 Å². The summed E-state index contributed by atoms with van der Waals surface area (Å²) in [5.41, 5.74) is 2.05. The molecule has 2 aromatic rings. The minimum atomic E-state index is -0.720. The van der Waals surface area contributed by atoms with Crippen LogP contribution < -0.4 is 20.1 Å². The van der Waals surface area contributed by atoms with E-state index in [-0.39, 0.29) is 19.0 Å². The molecule has 0 aliphatic carbocycles. The molecule has 0 unspecified atom stereocenters. The Bertz CT molecular complexity index is 1040. The number of amides is 2. The quantitative estimate of drug-likeness (QED) is 0.707. The van der Waals surface area contributed by atoms with E-state index < -0.39 is 18.0 Å². The van der Waals surface area contributed by atoms with Crippen LogP contribution >= 0.6 is 23.2 Å². The molecule has 7 nitrogen and oxygen atoms in total. The highest BCUT2D eigenvalue weighted by molar-refractivity contribution is 6.42. The first-order valence-electron chi connectivity index (χ1n) is 8.71. The molecule has 0 saturated heterocycles.